The molecule has 0 unspecified atom stereocenters. The van der Waals surface area contributed by atoms with Crippen LogP contribution in [0.4, 0.5) is 0 Å². The summed E-state index contributed by atoms with van der Waals surface area (Å²) in [5, 5.41) is 11.9. The highest BCUT2D eigenvalue weighted by molar-refractivity contribution is 6.23. The summed E-state index contributed by atoms with van der Waals surface area (Å²) in [6, 6.07) is 75.8. The van der Waals surface area contributed by atoms with E-state index in [4.69, 9.17) is 15.0 Å². The zero-order valence-corrected chi connectivity index (χ0v) is 33.4. The van der Waals surface area contributed by atoms with Gasteiger partial charge in [0.05, 0.1) is 33.4 Å². The van der Waals surface area contributed by atoms with Gasteiger partial charge >= 0.3 is 0 Å². The third-order valence-electron chi connectivity index (χ3n) is 12.5. The van der Waals surface area contributed by atoms with E-state index >= 15 is 0 Å². The predicted octanol–water partition coefficient (Wildman–Crippen LogP) is 14.5. The highest BCUT2D eigenvalue weighted by Crippen LogP contribution is 2.45. The zero-order chi connectivity index (χ0) is 40.7. The maximum Gasteiger partial charge on any atom is 0.164 e. The van der Waals surface area contributed by atoms with Crippen LogP contribution in [0.25, 0.3) is 121 Å². The van der Waals surface area contributed by atoms with Gasteiger partial charge in [0, 0.05) is 49.0 Å². The monoisotopic (exact) mass is 789 g/mol. The molecule has 0 radical (unpaired) electrons. The quantitative estimate of drug-likeness (QED) is 0.174. The van der Waals surface area contributed by atoms with Crippen molar-refractivity contribution in [1.29, 1.82) is 0 Å². The van der Waals surface area contributed by atoms with Gasteiger partial charge in [-0.05, 0) is 64.0 Å². The number of para-hydroxylation sites is 2. The SMILES string of the molecule is c1ccc(-c2nc(-c3ccccc3)nc(-c3ccc(-n4c5ccccc5c5c(-n6c7ccccc7c7cc8ccccc8cc76)c6ccccc6cc54)c4ccccc34)n2)cc1. The molecule has 3 heterocycles. The van der Waals surface area contributed by atoms with Gasteiger partial charge in [-0.1, -0.05) is 170 Å². The second-order valence-corrected chi connectivity index (χ2v) is 16.0. The Bertz CT molecular complexity index is 3860. The standard InChI is InChI=1S/C57H35N5/c1-3-17-36(18-4-1)55-58-56(37-19-5-2-6-20-37)60-57(59-55)45-31-32-50(43-26-12-11-25-42(43)45)61-49-30-16-14-28-46(49)53-52(61)35-40-23-9-10-24-41(40)54(53)62-48-29-15-13-27-44(48)47-33-38-21-7-8-22-39(38)34-51(47)62/h1-35H. The Balaban J connectivity index is 1.12. The molecular formula is C57H35N5. The predicted molar refractivity (Wildman–Crippen MR) is 257 cm³/mol. The summed E-state index contributed by atoms with van der Waals surface area (Å²) in [6.45, 7) is 0. The molecule has 0 N–H and O–H groups in total. The van der Waals surface area contributed by atoms with Crippen LogP contribution in [-0.2, 0) is 0 Å². The molecule has 0 spiro atoms. The van der Waals surface area contributed by atoms with Crippen LogP contribution in [0.5, 0.6) is 0 Å². The Kier molecular flexibility index (Phi) is 7.54. The van der Waals surface area contributed by atoms with E-state index in [9.17, 15) is 0 Å². The Hall–Kier alpha value is -8.41. The lowest BCUT2D eigenvalue weighted by molar-refractivity contribution is 1.08. The van der Waals surface area contributed by atoms with Crippen molar-refractivity contribution in [1.82, 2.24) is 24.1 Å². The van der Waals surface area contributed by atoms with Gasteiger partial charge in [-0.25, -0.2) is 15.0 Å². The van der Waals surface area contributed by atoms with Crippen LogP contribution in [0.15, 0.2) is 212 Å². The summed E-state index contributed by atoms with van der Waals surface area (Å²) >= 11 is 0. The molecule has 0 bridgehead atoms. The molecule has 13 aromatic rings. The molecule has 0 aliphatic heterocycles. The Morgan fingerprint density at radius 1 is 0.290 bits per heavy atom. The van der Waals surface area contributed by atoms with E-state index in [-0.39, 0.29) is 0 Å². The van der Waals surface area contributed by atoms with Gasteiger partial charge in [0.15, 0.2) is 17.5 Å². The lowest BCUT2D eigenvalue weighted by Crippen LogP contribution is -2.02. The number of aromatic nitrogens is 5. The van der Waals surface area contributed by atoms with Crippen molar-refractivity contribution in [3.63, 3.8) is 0 Å². The van der Waals surface area contributed by atoms with Crippen LogP contribution in [0.2, 0.25) is 0 Å². The normalized spacial score (nSPS) is 11.9. The van der Waals surface area contributed by atoms with Gasteiger partial charge in [-0.15, -0.1) is 0 Å². The zero-order valence-electron chi connectivity index (χ0n) is 33.4. The molecule has 3 aromatic heterocycles. The number of hydrogen-bond acceptors (Lipinski definition) is 3. The number of nitrogens with zero attached hydrogens (tertiary/aromatic N) is 5. The fraction of sp³-hybridized carbons (Fsp3) is 0. The number of hydrogen-bond donors (Lipinski definition) is 0. The lowest BCUT2D eigenvalue weighted by atomic mass is 10.0. The van der Waals surface area contributed by atoms with E-state index in [1.165, 1.54) is 59.8 Å². The molecule has 10 aromatic carbocycles. The molecule has 0 saturated carbocycles. The molecule has 62 heavy (non-hydrogen) atoms. The molecule has 288 valence electrons. The van der Waals surface area contributed by atoms with Crippen LogP contribution in [0, 0.1) is 0 Å². The highest BCUT2D eigenvalue weighted by Gasteiger charge is 2.24. The van der Waals surface area contributed by atoms with E-state index in [2.05, 4.69) is 185 Å². The third kappa shape index (κ3) is 5.18. The van der Waals surface area contributed by atoms with Crippen LogP contribution in [-0.4, -0.2) is 24.1 Å². The molecule has 0 fully saturated rings. The summed E-state index contributed by atoms with van der Waals surface area (Å²) in [5.41, 5.74) is 9.76. The largest absolute Gasteiger partial charge is 0.309 e. The van der Waals surface area contributed by atoms with Crippen molar-refractivity contribution in [3.05, 3.63) is 212 Å². The fourth-order valence-electron chi connectivity index (χ4n) is 9.76. The van der Waals surface area contributed by atoms with Gasteiger partial charge in [0.1, 0.15) is 0 Å². The van der Waals surface area contributed by atoms with E-state index in [1.807, 2.05) is 36.4 Å². The first-order valence-electron chi connectivity index (χ1n) is 21.0. The summed E-state index contributed by atoms with van der Waals surface area (Å²) in [4.78, 5) is 15.3. The van der Waals surface area contributed by atoms with Crippen molar-refractivity contribution >= 4 is 75.9 Å². The minimum absolute atomic E-state index is 0.634. The van der Waals surface area contributed by atoms with Gasteiger partial charge < -0.3 is 9.13 Å². The van der Waals surface area contributed by atoms with Crippen molar-refractivity contribution < 1.29 is 0 Å². The number of fused-ring (bicyclic) bond motifs is 9. The van der Waals surface area contributed by atoms with Crippen molar-refractivity contribution in [2.75, 3.05) is 0 Å². The minimum Gasteiger partial charge on any atom is -0.309 e. The molecule has 0 aliphatic carbocycles. The molecular weight excluding hydrogens is 755 g/mol. The van der Waals surface area contributed by atoms with Gasteiger partial charge in [0.25, 0.3) is 0 Å². The Morgan fingerprint density at radius 2 is 0.790 bits per heavy atom. The maximum absolute atomic E-state index is 5.15. The van der Waals surface area contributed by atoms with Crippen LogP contribution in [0.1, 0.15) is 0 Å². The summed E-state index contributed by atoms with van der Waals surface area (Å²) < 4.78 is 4.99. The van der Waals surface area contributed by atoms with Gasteiger partial charge in [-0.3, -0.25) is 0 Å². The summed E-state index contributed by atoms with van der Waals surface area (Å²) in [5.74, 6) is 1.92. The third-order valence-corrected chi connectivity index (χ3v) is 12.5. The van der Waals surface area contributed by atoms with Crippen LogP contribution >= 0.6 is 0 Å². The second kappa shape index (κ2) is 13.6. The Morgan fingerprint density at radius 3 is 1.48 bits per heavy atom. The molecule has 5 nitrogen and oxygen atoms in total. The van der Waals surface area contributed by atoms with E-state index in [0.717, 1.165) is 44.2 Å². The summed E-state index contributed by atoms with van der Waals surface area (Å²) in [7, 11) is 0. The van der Waals surface area contributed by atoms with Crippen molar-refractivity contribution in [2.45, 2.75) is 0 Å². The lowest BCUT2D eigenvalue weighted by Gasteiger charge is -2.17. The molecule has 0 aliphatic rings. The van der Waals surface area contributed by atoms with Crippen LogP contribution in [0.3, 0.4) is 0 Å². The van der Waals surface area contributed by atoms with Crippen molar-refractivity contribution in [2.24, 2.45) is 0 Å². The number of benzene rings is 10. The number of rotatable bonds is 5. The van der Waals surface area contributed by atoms with Gasteiger partial charge in [0.2, 0.25) is 0 Å². The topological polar surface area (TPSA) is 48.5 Å². The van der Waals surface area contributed by atoms with E-state index in [0.29, 0.717) is 17.5 Å². The van der Waals surface area contributed by atoms with Crippen molar-refractivity contribution in [3.8, 4) is 45.5 Å². The first-order chi connectivity index (χ1) is 30.8. The molecule has 5 heteroatoms. The first-order valence-corrected chi connectivity index (χ1v) is 21.0. The van der Waals surface area contributed by atoms with E-state index in [1.54, 1.807) is 0 Å². The smallest absolute Gasteiger partial charge is 0.164 e. The molecule has 0 atom stereocenters. The summed E-state index contributed by atoms with van der Waals surface area (Å²) in [6.07, 6.45) is 0. The Labute approximate surface area is 356 Å². The maximum atomic E-state index is 5.15. The first kappa shape index (κ1) is 34.5. The molecule has 0 amide bonds. The fourth-order valence-corrected chi connectivity index (χ4v) is 9.76. The molecule has 0 saturated heterocycles. The van der Waals surface area contributed by atoms with E-state index < -0.39 is 0 Å². The highest BCUT2D eigenvalue weighted by atomic mass is 15.0. The second-order valence-electron chi connectivity index (χ2n) is 16.0. The van der Waals surface area contributed by atoms with Crippen LogP contribution < -0.4 is 0 Å². The minimum atomic E-state index is 0.634. The average Bonchev–Trinajstić information content (AvgIpc) is 3.84. The van der Waals surface area contributed by atoms with Gasteiger partial charge in [-0.2, -0.15) is 0 Å². The average molecular weight is 790 g/mol. The molecule has 13 rings (SSSR count).